The molecule has 2 aromatic heterocycles. The van der Waals surface area contributed by atoms with Crippen LogP contribution in [-0.4, -0.2) is 56.3 Å². The maximum absolute atomic E-state index is 13.3. The molecule has 0 atom stereocenters. The summed E-state index contributed by atoms with van der Waals surface area (Å²) in [6.07, 6.45) is 1.86. The van der Waals surface area contributed by atoms with Crippen LogP contribution < -0.4 is 10.9 Å². The Morgan fingerprint density at radius 1 is 1.21 bits per heavy atom. The zero-order chi connectivity index (χ0) is 23.8. The SMILES string of the molecule is CSc1ccc2cc(C(=O)NCc3ccc(Cl)cc3)c(=O)n(CC(=O)N3CC(C)(O)C3)c2n1. The Labute approximate surface area is 199 Å². The van der Waals surface area contributed by atoms with Crippen molar-refractivity contribution in [3.63, 3.8) is 0 Å². The second kappa shape index (κ2) is 9.17. The molecule has 0 saturated carbocycles. The molecular formula is C23H23ClN4O4S. The molecule has 1 aromatic carbocycles. The Hall–Kier alpha value is -2.88. The molecule has 0 unspecified atom stereocenters. The summed E-state index contributed by atoms with van der Waals surface area (Å²) in [5, 5.41) is 14.5. The molecule has 1 saturated heterocycles. The van der Waals surface area contributed by atoms with Gasteiger partial charge < -0.3 is 15.3 Å². The monoisotopic (exact) mass is 486 g/mol. The first-order chi connectivity index (χ1) is 15.7. The third kappa shape index (κ3) is 5.05. The molecule has 0 aliphatic carbocycles. The Balaban J connectivity index is 1.66. The van der Waals surface area contributed by atoms with Crippen LogP contribution in [0.3, 0.4) is 0 Å². The van der Waals surface area contributed by atoms with E-state index in [1.165, 1.54) is 27.3 Å². The van der Waals surface area contributed by atoms with Gasteiger partial charge in [-0.05, 0) is 49.1 Å². The first-order valence-electron chi connectivity index (χ1n) is 10.3. The van der Waals surface area contributed by atoms with Crippen molar-refractivity contribution in [1.82, 2.24) is 19.8 Å². The van der Waals surface area contributed by atoms with Gasteiger partial charge >= 0.3 is 0 Å². The van der Waals surface area contributed by atoms with Crippen LogP contribution in [0.25, 0.3) is 11.0 Å². The van der Waals surface area contributed by atoms with Crippen LogP contribution in [-0.2, 0) is 17.9 Å². The van der Waals surface area contributed by atoms with Gasteiger partial charge in [-0.15, -0.1) is 11.8 Å². The minimum Gasteiger partial charge on any atom is -0.386 e. The van der Waals surface area contributed by atoms with Crippen LogP contribution >= 0.6 is 23.4 Å². The molecule has 8 nitrogen and oxygen atoms in total. The number of likely N-dealkylation sites (tertiary alicyclic amines) is 1. The van der Waals surface area contributed by atoms with Crippen LogP contribution in [0.5, 0.6) is 0 Å². The number of aliphatic hydroxyl groups is 1. The number of carbonyl (C=O) groups is 2. The van der Waals surface area contributed by atoms with E-state index in [4.69, 9.17) is 11.6 Å². The molecule has 3 aromatic rings. The first kappa shape index (κ1) is 23.3. The van der Waals surface area contributed by atoms with E-state index in [1.54, 1.807) is 43.3 Å². The zero-order valence-electron chi connectivity index (χ0n) is 18.2. The molecule has 172 valence electrons. The molecule has 1 aliphatic rings. The van der Waals surface area contributed by atoms with E-state index in [2.05, 4.69) is 10.3 Å². The van der Waals surface area contributed by atoms with Crippen LogP contribution in [0, 0.1) is 0 Å². The van der Waals surface area contributed by atoms with Crippen molar-refractivity contribution in [1.29, 1.82) is 0 Å². The van der Waals surface area contributed by atoms with E-state index in [0.717, 1.165) is 5.56 Å². The molecule has 2 N–H and O–H groups in total. The van der Waals surface area contributed by atoms with E-state index in [-0.39, 0.29) is 37.6 Å². The van der Waals surface area contributed by atoms with Gasteiger partial charge in [0.25, 0.3) is 11.5 Å². The number of fused-ring (bicyclic) bond motifs is 1. The molecule has 2 amide bonds. The van der Waals surface area contributed by atoms with Gasteiger partial charge in [-0.25, -0.2) is 4.98 Å². The molecular weight excluding hydrogens is 464 g/mol. The van der Waals surface area contributed by atoms with Gasteiger partial charge in [-0.2, -0.15) is 0 Å². The number of hydrogen-bond acceptors (Lipinski definition) is 6. The Kier molecular flexibility index (Phi) is 6.47. The molecule has 0 radical (unpaired) electrons. The van der Waals surface area contributed by atoms with Gasteiger partial charge in [-0.1, -0.05) is 23.7 Å². The van der Waals surface area contributed by atoms with Gasteiger partial charge in [0.2, 0.25) is 5.91 Å². The standard InChI is InChI=1S/C23H23ClN4O4S/c1-23(32)12-27(13-23)19(29)11-28-20-15(5-8-18(26-20)33-2)9-17(22(28)31)21(30)25-10-14-3-6-16(24)7-4-14/h3-9,32H,10-13H2,1-2H3,(H,25,30). The van der Waals surface area contributed by atoms with Crippen LogP contribution in [0.1, 0.15) is 22.8 Å². The highest BCUT2D eigenvalue weighted by Gasteiger charge is 2.39. The lowest BCUT2D eigenvalue weighted by Gasteiger charge is -2.44. The Morgan fingerprint density at radius 2 is 1.91 bits per heavy atom. The van der Waals surface area contributed by atoms with Gasteiger partial charge in [0.05, 0.1) is 23.7 Å². The minimum atomic E-state index is -0.920. The fourth-order valence-corrected chi connectivity index (χ4v) is 4.23. The normalized spacial score (nSPS) is 14.7. The summed E-state index contributed by atoms with van der Waals surface area (Å²) in [6.45, 7) is 2.00. The maximum atomic E-state index is 13.3. The van der Waals surface area contributed by atoms with Crippen molar-refractivity contribution in [2.24, 2.45) is 0 Å². The van der Waals surface area contributed by atoms with E-state index in [0.29, 0.717) is 21.1 Å². The summed E-state index contributed by atoms with van der Waals surface area (Å²) in [4.78, 5) is 44.9. The number of hydrogen-bond donors (Lipinski definition) is 2. The fourth-order valence-electron chi connectivity index (χ4n) is 3.72. The van der Waals surface area contributed by atoms with Crippen LogP contribution in [0.15, 0.2) is 52.3 Å². The lowest BCUT2D eigenvalue weighted by atomic mass is 9.97. The van der Waals surface area contributed by atoms with Crippen molar-refractivity contribution in [3.05, 3.63) is 69.0 Å². The smallest absolute Gasteiger partial charge is 0.265 e. The molecule has 3 heterocycles. The summed E-state index contributed by atoms with van der Waals surface area (Å²) in [5.74, 6) is -0.862. The predicted molar refractivity (Wildman–Crippen MR) is 128 cm³/mol. The van der Waals surface area contributed by atoms with E-state index >= 15 is 0 Å². The number of benzene rings is 1. The molecule has 33 heavy (non-hydrogen) atoms. The van der Waals surface area contributed by atoms with Gasteiger partial charge in [0.15, 0.2) is 0 Å². The third-order valence-corrected chi connectivity index (χ3v) is 6.34. The quantitative estimate of drug-likeness (QED) is 0.518. The number of nitrogens with one attached hydrogen (secondary N) is 1. The van der Waals surface area contributed by atoms with Crippen molar-refractivity contribution < 1.29 is 14.7 Å². The topological polar surface area (TPSA) is 105 Å². The number of thioether (sulfide) groups is 1. The van der Waals surface area contributed by atoms with E-state index < -0.39 is 17.1 Å². The number of β-amino-alcohol motifs (C(OH)–C–C–N with tert-alkyl or cyclic N) is 1. The van der Waals surface area contributed by atoms with E-state index in [1.807, 2.05) is 6.26 Å². The minimum absolute atomic E-state index is 0.0708. The highest BCUT2D eigenvalue weighted by atomic mass is 35.5. The highest BCUT2D eigenvalue weighted by Crippen LogP contribution is 2.22. The highest BCUT2D eigenvalue weighted by molar-refractivity contribution is 7.98. The van der Waals surface area contributed by atoms with Crippen molar-refractivity contribution in [2.45, 2.75) is 30.6 Å². The summed E-state index contributed by atoms with van der Waals surface area (Å²) in [5.41, 5.74) is -0.418. The van der Waals surface area contributed by atoms with Crippen molar-refractivity contribution in [3.8, 4) is 0 Å². The number of amides is 2. The van der Waals surface area contributed by atoms with Crippen molar-refractivity contribution >= 4 is 46.2 Å². The average molecular weight is 487 g/mol. The number of nitrogens with zero attached hydrogens (tertiary/aromatic N) is 3. The first-order valence-corrected chi connectivity index (χ1v) is 11.9. The maximum Gasteiger partial charge on any atom is 0.265 e. The lowest BCUT2D eigenvalue weighted by molar-refractivity contribution is -0.152. The second-order valence-corrected chi connectivity index (χ2v) is 9.53. The van der Waals surface area contributed by atoms with Crippen molar-refractivity contribution in [2.75, 3.05) is 19.3 Å². The summed E-state index contributed by atoms with van der Waals surface area (Å²) in [7, 11) is 0. The summed E-state index contributed by atoms with van der Waals surface area (Å²) >= 11 is 7.31. The molecule has 10 heteroatoms. The fraction of sp³-hybridized carbons (Fsp3) is 0.304. The third-order valence-electron chi connectivity index (χ3n) is 5.44. The molecule has 1 fully saturated rings. The summed E-state index contributed by atoms with van der Waals surface area (Å²) < 4.78 is 1.24. The number of pyridine rings is 2. The average Bonchev–Trinajstić information content (AvgIpc) is 2.78. The van der Waals surface area contributed by atoms with Crippen LogP contribution in [0.4, 0.5) is 0 Å². The number of aromatic nitrogens is 2. The van der Waals surface area contributed by atoms with Crippen LogP contribution in [0.2, 0.25) is 5.02 Å². The lowest BCUT2D eigenvalue weighted by Crippen LogP contribution is -2.62. The number of halogens is 1. The van der Waals surface area contributed by atoms with Gasteiger partial charge in [0.1, 0.15) is 17.8 Å². The summed E-state index contributed by atoms with van der Waals surface area (Å²) in [6, 6.07) is 12.1. The molecule has 0 bridgehead atoms. The van der Waals surface area contributed by atoms with Gasteiger partial charge in [-0.3, -0.25) is 19.0 Å². The Morgan fingerprint density at radius 3 is 2.55 bits per heavy atom. The largest absolute Gasteiger partial charge is 0.386 e. The predicted octanol–water partition coefficient (Wildman–Crippen LogP) is 2.29. The van der Waals surface area contributed by atoms with Gasteiger partial charge in [0, 0.05) is 17.0 Å². The van der Waals surface area contributed by atoms with E-state index in [9.17, 15) is 19.5 Å². The molecule has 1 aliphatic heterocycles. The Bertz CT molecular complexity index is 1280. The molecule has 4 rings (SSSR count). The number of carbonyl (C=O) groups excluding carboxylic acids is 2. The molecule has 0 spiro atoms. The zero-order valence-corrected chi connectivity index (χ0v) is 19.7. The number of rotatable bonds is 6. The second-order valence-electron chi connectivity index (χ2n) is 8.27.